The second kappa shape index (κ2) is 6.29. The maximum Gasteiger partial charge on any atom is 0.269 e. The van der Waals surface area contributed by atoms with E-state index in [0.717, 1.165) is 22.9 Å². The highest BCUT2D eigenvalue weighted by Crippen LogP contribution is 2.24. The molecule has 1 amide bonds. The van der Waals surface area contributed by atoms with E-state index in [-0.39, 0.29) is 5.91 Å². The molecule has 23 heavy (non-hydrogen) atoms. The average Bonchev–Trinajstić information content (AvgIpc) is 3.17. The van der Waals surface area contributed by atoms with Crippen LogP contribution in [0.15, 0.2) is 34.9 Å². The summed E-state index contributed by atoms with van der Waals surface area (Å²) in [5.41, 5.74) is 2.19. The number of carbonyl (C=O) groups excluding carboxylic acids is 1. The molecule has 0 unspecified atom stereocenters. The Morgan fingerprint density at radius 1 is 1.26 bits per heavy atom. The number of hydrogen-bond acceptors (Lipinski definition) is 6. The molecule has 1 N–H and O–H groups in total. The van der Waals surface area contributed by atoms with Crippen LogP contribution in [-0.2, 0) is 0 Å². The molecule has 2 aromatic heterocycles. The van der Waals surface area contributed by atoms with Crippen molar-refractivity contribution < 1.29 is 9.21 Å². The van der Waals surface area contributed by atoms with Gasteiger partial charge in [0.2, 0.25) is 5.89 Å². The molecule has 1 aromatic carbocycles. The van der Waals surface area contributed by atoms with Gasteiger partial charge in [-0.2, -0.15) is 0 Å². The molecule has 0 fully saturated rings. The second-order valence-corrected chi connectivity index (χ2v) is 6.20. The highest BCUT2D eigenvalue weighted by atomic mass is 32.1. The fourth-order valence-corrected chi connectivity index (χ4v) is 2.56. The number of nitrogens with zero attached hydrogens (tertiary/aromatic N) is 3. The standard InChI is InChI=1S/C16H16N4O2S/c1-9(2)13-8-17-16(22-13)11-4-6-12(7-5-11)18-15(21)14-10(3)19-20-23-14/h4-9H,1-3H3,(H,18,21). The predicted octanol–water partition coefficient (Wildman–Crippen LogP) is 3.88. The van der Waals surface area contributed by atoms with Crippen molar-refractivity contribution in [3.63, 3.8) is 0 Å². The summed E-state index contributed by atoms with van der Waals surface area (Å²) < 4.78 is 9.48. The lowest BCUT2D eigenvalue weighted by Crippen LogP contribution is -2.11. The summed E-state index contributed by atoms with van der Waals surface area (Å²) in [4.78, 5) is 16.9. The summed E-state index contributed by atoms with van der Waals surface area (Å²) in [5.74, 6) is 1.52. The molecule has 118 valence electrons. The van der Waals surface area contributed by atoms with Crippen LogP contribution in [0.5, 0.6) is 0 Å². The SMILES string of the molecule is Cc1nnsc1C(=O)Nc1ccc(-c2ncc(C(C)C)o2)cc1. The van der Waals surface area contributed by atoms with Gasteiger partial charge in [-0.3, -0.25) is 4.79 Å². The molecule has 3 aromatic rings. The van der Waals surface area contributed by atoms with E-state index < -0.39 is 0 Å². The average molecular weight is 328 g/mol. The molecule has 0 aliphatic heterocycles. The predicted molar refractivity (Wildman–Crippen MR) is 88.6 cm³/mol. The van der Waals surface area contributed by atoms with Crippen LogP contribution in [-0.4, -0.2) is 20.5 Å². The zero-order valence-corrected chi connectivity index (χ0v) is 13.8. The van der Waals surface area contributed by atoms with Crippen molar-refractivity contribution >= 4 is 23.1 Å². The van der Waals surface area contributed by atoms with Crippen LogP contribution in [0.3, 0.4) is 0 Å². The Kier molecular flexibility index (Phi) is 4.20. The summed E-state index contributed by atoms with van der Waals surface area (Å²) >= 11 is 1.08. The minimum absolute atomic E-state index is 0.205. The van der Waals surface area contributed by atoms with E-state index in [9.17, 15) is 4.79 Å². The van der Waals surface area contributed by atoms with Gasteiger partial charge in [-0.25, -0.2) is 4.98 Å². The highest BCUT2D eigenvalue weighted by Gasteiger charge is 2.14. The molecule has 0 saturated carbocycles. The van der Waals surface area contributed by atoms with Crippen molar-refractivity contribution in [3.8, 4) is 11.5 Å². The first-order chi connectivity index (χ1) is 11.0. The number of nitrogens with one attached hydrogen (secondary N) is 1. The molecular weight excluding hydrogens is 312 g/mol. The van der Waals surface area contributed by atoms with Crippen molar-refractivity contribution in [2.75, 3.05) is 5.32 Å². The Hall–Kier alpha value is -2.54. The molecule has 7 heteroatoms. The Balaban J connectivity index is 1.74. The number of anilines is 1. The van der Waals surface area contributed by atoms with E-state index in [2.05, 4.69) is 33.7 Å². The van der Waals surface area contributed by atoms with E-state index >= 15 is 0 Å². The fourth-order valence-electron chi connectivity index (χ4n) is 2.01. The van der Waals surface area contributed by atoms with E-state index in [1.165, 1.54) is 0 Å². The van der Waals surface area contributed by atoms with Gasteiger partial charge in [0.15, 0.2) is 0 Å². The fraction of sp³-hybridized carbons (Fsp3) is 0.250. The Morgan fingerprint density at radius 2 is 2.00 bits per heavy atom. The van der Waals surface area contributed by atoms with E-state index in [0.29, 0.717) is 28.1 Å². The second-order valence-electron chi connectivity index (χ2n) is 5.44. The Labute approximate surface area is 137 Å². The van der Waals surface area contributed by atoms with Crippen molar-refractivity contribution in [1.29, 1.82) is 0 Å². The first-order valence-electron chi connectivity index (χ1n) is 7.21. The van der Waals surface area contributed by atoms with Gasteiger partial charge in [0.05, 0.1) is 11.9 Å². The largest absolute Gasteiger partial charge is 0.441 e. The minimum atomic E-state index is -0.205. The summed E-state index contributed by atoms with van der Waals surface area (Å²) in [6.45, 7) is 5.87. The summed E-state index contributed by atoms with van der Waals surface area (Å²) in [6.07, 6.45) is 1.75. The van der Waals surface area contributed by atoms with Crippen molar-refractivity contribution in [3.05, 3.63) is 46.8 Å². The first-order valence-corrected chi connectivity index (χ1v) is 7.98. The number of aromatic nitrogens is 3. The monoisotopic (exact) mass is 328 g/mol. The highest BCUT2D eigenvalue weighted by molar-refractivity contribution is 7.08. The van der Waals surface area contributed by atoms with Gasteiger partial charge in [-0.1, -0.05) is 18.3 Å². The third-order valence-corrected chi connectivity index (χ3v) is 4.17. The molecule has 0 radical (unpaired) electrons. The van der Waals surface area contributed by atoms with Gasteiger partial charge < -0.3 is 9.73 Å². The van der Waals surface area contributed by atoms with Crippen LogP contribution in [0, 0.1) is 6.92 Å². The van der Waals surface area contributed by atoms with E-state index in [4.69, 9.17) is 4.42 Å². The van der Waals surface area contributed by atoms with Gasteiger partial charge in [-0.05, 0) is 42.7 Å². The smallest absolute Gasteiger partial charge is 0.269 e. The molecule has 0 aliphatic carbocycles. The number of aryl methyl sites for hydroxylation is 1. The Morgan fingerprint density at radius 3 is 2.57 bits per heavy atom. The molecule has 0 spiro atoms. The Bertz CT molecular complexity index is 821. The lowest BCUT2D eigenvalue weighted by atomic mass is 10.2. The van der Waals surface area contributed by atoms with Crippen LogP contribution in [0.25, 0.3) is 11.5 Å². The van der Waals surface area contributed by atoms with Crippen molar-refractivity contribution in [2.24, 2.45) is 0 Å². The van der Waals surface area contributed by atoms with Crippen molar-refractivity contribution in [2.45, 2.75) is 26.7 Å². The molecular formula is C16H16N4O2S. The third-order valence-electron chi connectivity index (χ3n) is 3.34. The normalized spacial score (nSPS) is 11.0. The summed E-state index contributed by atoms with van der Waals surface area (Å²) in [6, 6.07) is 7.36. The minimum Gasteiger partial charge on any atom is -0.441 e. The molecule has 0 bridgehead atoms. The van der Waals surface area contributed by atoms with Crippen molar-refractivity contribution in [1.82, 2.24) is 14.6 Å². The summed E-state index contributed by atoms with van der Waals surface area (Å²) in [7, 11) is 0. The van der Waals surface area contributed by atoms with E-state index in [1.807, 2.05) is 24.3 Å². The van der Waals surface area contributed by atoms with Gasteiger partial charge in [0.1, 0.15) is 10.6 Å². The van der Waals surface area contributed by atoms with Crippen LogP contribution in [0.4, 0.5) is 5.69 Å². The first kappa shape index (κ1) is 15.4. The number of rotatable bonds is 4. The molecule has 3 rings (SSSR count). The molecule has 6 nitrogen and oxygen atoms in total. The topological polar surface area (TPSA) is 80.9 Å². The zero-order chi connectivity index (χ0) is 16.4. The van der Waals surface area contributed by atoms with Gasteiger partial charge in [0, 0.05) is 17.2 Å². The third kappa shape index (κ3) is 3.29. The lowest BCUT2D eigenvalue weighted by molar-refractivity contribution is 0.103. The number of hydrogen-bond donors (Lipinski definition) is 1. The number of benzene rings is 1. The van der Waals surface area contributed by atoms with Gasteiger partial charge >= 0.3 is 0 Å². The zero-order valence-electron chi connectivity index (χ0n) is 13.0. The van der Waals surface area contributed by atoms with E-state index in [1.54, 1.807) is 13.1 Å². The molecule has 0 saturated heterocycles. The molecule has 0 aliphatic rings. The maximum atomic E-state index is 12.1. The molecule has 2 heterocycles. The summed E-state index contributed by atoms with van der Waals surface area (Å²) in [5, 5.41) is 6.66. The van der Waals surface area contributed by atoms with Crippen LogP contribution in [0.1, 0.15) is 40.9 Å². The van der Waals surface area contributed by atoms with Crippen LogP contribution >= 0.6 is 11.5 Å². The molecule has 0 atom stereocenters. The maximum absolute atomic E-state index is 12.1. The van der Waals surface area contributed by atoms with Crippen LogP contribution < -0.4 is 5.32 Å². The van der Waals surface area contributed by atoms with Gasteiger partial charge in [0.25, 0.3) is 5.91 Å². The lowest BCUT2D eigenvalue weighted by Gasteiger charge is -2.04. The quantitative estimate of drug-likeness (QED) is 0.786. The van der Waals surface area contributed by atoms with Crippen LogP contribution in [0.2, 0.25) is 0 Å². The number of carbonyl (C=O) groups is 1. The number of amides is 1. The van der Waals surface area contributed by atoms with Gasteiger partial charge in [-0.15, -0.1) is 5.10 Å². The number of oxazole rings is 1.